The molecular weight excluding hydrogens is 484 g/mol. The van der Waals surface area contributed by atoms with Crippen LogP contribution < -0.4 is 9.47 Å². The average Bonchev–Trinajstić information content (AvgIpc) is 3.42. The molecule has 6 rings (SSSR count). The topological polar surface area (TPSA) is 88.1 Å². The summed E-state index contributed by atoms with van der Waals surface area (Å²) in [6.45, 7) is 4.55. The van der Waals surface area contributed by atoms with Gasteiger partial charge >= 0.3 is 17.9 Å². The average molecular weight is 507 g/mol. The van der Waals surface area contributed by atoms with E-state index in [1.54, 1.807) is 18.2 Å². The van der Waals surface area contributed by atoms with Crippen molar-refractivity contribution in [1.82, 2.24) is 0 Å². The number of hydrogen-bond acceptors (Lipinski definition) is 7. The molecule has 7 heteroatoms. The van der Waals surface area contributed by atoms with Crippen LogP contribution in [0.1, 0.15) is 61.6 Å². The van der Waals surface area contributed by atoms with Gasteiger partial charge in [0.25, 0.3) is 0 Å². The van der Waals surface area contributed by atoms with Crippen molar-refractivity contribution in [2.45, 2.75) is 25.9 Å². The van der Waals surface area contributed by atoms with Crippen molar-refractivity contribution in [2.24, 2.45) is 0 Å². The van der Waals surface area contributed by atoms with Gasteiger partial charge in [-0.15, -0.1) is 0 Å². The molecule has 0 amide bonds. The molecule has 4 aromatic rings. The zero-order valence-electron chi connectivity index (χ0n) is 20.6. The van der Waals surface area contributed by atoms with Crippen molar-refractivity contribution in [3.05, 3.63) is 118 Å². The molecular formula is C31H22O7. The lowest BCUT2D eigenvalue weighted by molar-refractivity contribution is 0.0442. The van der Waals surface area contributed by atoms with Gasteiger partial charge in [-0.05, 0) is 71.8 Å². The summed E-state index contributed by atoms with van der Waals surface area (Å²) >= 11 is 0. The molecule has 0 bridgehead atoms. The van der Waals surface area contributed by atoms with Gasteiger partial charge in [0.05, 0.1) is 16.7 Å². The van der Waals surface area contributed by atoms with Gasteiger partial charge in [0.1, 0.15) is 29.6 Å². The van der Waals surface area contributed by atoms with Crippen LogP contribution in [-0.4, -0.2) is 17.9 Å². The lowest BCUT2D eigenvalue weighted by Crippen LogP contribution is -2.18. The number of cyclic esters (lactones) is 3. The number of ether oxygens (including phenoxy) is 4. The summed E-state index contributed by atoms with van der Waals surface area (Å²) in [7, 11) is 0. The first-order valence-corrected chi connectivity index (χ1v) is 12.1. The molecule has 2 aliphatic heterocycles. The van der Waals surface area contributed by atoms with Gasteiger partial charge in [0, 0.05) is 11.0 Å². The largest absolute Gasteiger partial charge is 0.457 e. The smallest absolute Gasteiger partial charge is 0.347 e. The fourth-order valence-electron chi connectivity index (χ4n) is 4.62. The zero-order chi connectivity index (χ0) is 26.4. The SMILES string of the molecule is CC(C)(c1ccc(Oc2ccc3c(c2)COC3=O)cc1)c1ccc(Oc2ccc3c(c2)C(=O)OC3=O)cc1. The Kier molecular flexibility index (Phi) is 5.49. The second-order valence-electron chi connectivity index (χ2n) is 9.66. The van der Waals surface area contributed by atoms with Crippen LogP contribution in [0, 0.1) is 0 Å². The molecule has 2 aliphatic rings. The molecule has 0 unspecified atom stereocenters. The van der Waals surface area contributed by atoms with Gasteiger partial charge in [0.2, 0.25) is 0 Å². The molecule has 0 aromatic heterocycles. The predicted octanol–water partition coefficient (Wildman–Crippen LogP) is 6.58. The van der Waals surface area contributed by atoms with E-state index in [2.05, 4.69) is 18.6 Å². The van der Waals surface area contributed by atoms with E-state index < -0.39 is 11.9 Å². The molecule has 0 fully saturated rings. The molecule has 188 valence electrons. The maximum atomic E-state index is 11.8. The first kappa shape index (κ1) is 23.5. The Morgan fingerprint density at radius 1 is 0.579 bits per heavy atom. The molecule has 0 aliphatic carbocycles. The van der Waals surface area contributed by atoms with Crippen molar-refractivity contribution in [2.75, 3.05) is 0 Å². The van der Waals surface area contributed by atoms with Crippen LogP contribution in [-0.2, 0) is 21.5 Å². The molecule has 0 N–H and O–H groups in total. The van der Waals surface area contributed by atoms with E-state index in [1.165, 1.54) is 12.1 Å². The third-order valence-electron chi connectivity index (χ3n) is 6.90. The van der Waals surface area contributed by atoms with Gasteiger partial charge in [-0.1, -0.05) is 38.1 Å². The van der Waals surface area contributed by atoms with Crippen molar-refractivity contribution in [3.63, 3.8) is 0 Å². The quantitative estimate of drug-likeness (QED) is 0.216. The fraction of sp³-hybridized carbons (Fsp3) is 0.129. The molecule has 0 saturated carbocycles. The summed E-state index contributed by atoms with van der Waals surface area (Å²) in [6, 6.07) is 25.6. The van der Waals surface area contributed by atoms with E-state index in [0.29, 0.717) is 28.6 Å². The van der Waals surface area contributed by atoms with Crippen LogP contribution in [0.4, 0.5) is 0 Å². The van der Waals surface area contributed by atoms with Gasteiger partial charge in [-0.25, -0.2) is 14.4 Å². The van der Waals surface area contributed by atoms with E-state index >= 15 is 0 Å². The van der Waals surface area contributed by atoms with Crippen LogP contribution in [0.3, 0.4) is 0 Å². The molecule has 2 heterocycles. The number of benzene rings is 4. The van der Waals surface area contributed by atoms with Crippen LogP contribution in [0.5, 0.6) is 23.0 Å². The summed E-state index contributed by atoms with van der Waals surface area (Å²) in [5.41, 5.74) is 3.76. The molecule has 0 radical (unpaired) electrons. The Morgan fingerprint density at radius 2 is 1.08 bits per heavy atom. The molecule has 7 nitrogen and oxygen atoms in total. The molecule has 38 heavy (non-hydrogen) atoms. The highest BCUT2D eigenvalue weighted by atomic mass is 16.6. The van der Waals surface area contributed by atoms with Gasteiger partial charge in [0.15, 0.2) is 0 Å². The minimum absolute atomic E-state index is 0.206. The molecule has 0 spiro atoms. The number of rotatable bonds is 6. The van der Waals surface area contributed by atoms with Crippen molar-refractivity contribution in [1.29, 1.82) is 0 Å². The Bertz CT molecular complexity index is 1600. The minimum atomic E-state index is -0.665. The zero-order valence-corrected chi connectivity index (χ0v) is 20.6. The first-order chi connectivity index (χ1) is 18.3. The predicted molar refractivity (Wildman–Crippen MR) is 137 cm³/mol. The Balaban J connectivity index is 1.15. The highest BCUT2D eigenvalue weighted by Gasteiger charge is 2.30. The summed E-state index contributed by atoms with van der Waals surface area (Å²) in [4.78, 5) is 35.1. The van der Waals surface area contributed by atoms with Gasteiger partial charge < -0.3 is 18.9 Å². The second kappa shape index (κ2) is 8.88. The highest BCUT2D eigenvalue weighted by Crippen LogP contribution is 2.35. The van der Waals surface area contributed by atoms with E-state index in [4.69, 9.17) is 14.2 Å². The maximum Gasteiger partial charge on any atom is 0.347 e. The maximum absolute atomic E-state index is 11.8. The van der Waals surface area contributed by atoms with Crippen molar-refractivity contribution in [3.8, 4) is 23.0 Å². The van der Waals surface area contributed by atoms with Crippen LogP contribution in [0.15, 0.2) is 84.9 Å². The third-order valence-corrected chi connectivity index (χ3v) is 6.90. The van der Waals surface area contributed by atoms with Crippen LogP contribution >= 0.6 is 0 Å². The lowest BCUT2D eigenvalue weighted by atomic mass is 9.78. The molecule has 0 saturated heterocycles. The summed E-state index contributed by atoms with van der Waals surface area (Å²) in [5, 5.41) is 0. The van der Waals surface area contributed by atoms with Gasteiger partial charge in [-0.3, -0.25) is 0 Å². The number of esters is 3. The number of carbonyl (C=O) groups is 3. The number of fused-ring (bicyclic) bond motifs is 2. The van der Waals surface area contributed by atoms with Crippen molar-refractivity contribution >= 4 is 17.9 Å². The Morgan fingerprint density at radius 3 is 1.68 bits per heavy atom. The van der Waals surface area contributed by atoms with Crippen LogP contribution in [0.2, 0.25) is 0 Å². The summed E-state index contributed by atoms with van der Waals surface area (Å²) in [5.74, 6) is 0.786. The lowest BCUT2D eigenvalue weighted by Gasteiger charge is -2.26. The normalized spacial score (nSPS) is 14.0. The van der Waals surface area contributed by atoms with E-state index in [0.717, 1.165) is 16.7 Å². The van der Waals surface area contributed by atoms with Crippen LogP contribution in [0.25, 0.3) is 0 Å². The monoisotopic (exact) mass is 506 g/mol. The van der Waals surface area contributed by atoms with Crippen molar-refractivity contribution < 1.29 is 33.3 Å². The second-order valence-corrected chi connectivity index (χ2v) is 9.66. The third kappa shape index (κ3) is 4.18. The first-order valence-electron chi connectivity index (χ1n) is 12.1. The molecule has 4 aromatic carbocycles. The minimum Gasteiger partial charge on any atom is -0.457 e. The molecule has 0 atom stereocenters. The standard InChI is InChI=1S/C31H22O7/c1-31(2,19-3-7-21(8-4-19)36-23-11-13-25-18(15-23)17-35-28(25)32)20-5-9-22(10-6-20)37-24-12-14-26-27(16-24)30(34)38-29(26)33/h3-16H,17H2,1-2H3. The summed E-state index contributed by atoms with van der Waals surface area (Å²) < 4.78 is 21.6. The van der Waals surface area contributed by atoms with Gasteiger partial charge in [-0.2, -0.15) is 0 Å². The Labute approximate surface area is 218 Å². The fourth-order valence-corrected chi connectivity index (χ4v) is 4.62. The van der Waals surface area contributed by atoms with E-state index in [9.17, 15) is 14.4 Å². The van der Waals surface area contributed by atoms with E-state index in [-0.39, 0.29) is 29.1 Å². The summed E-state index contributed by atoms with van der Waals surface area (Å²) in [6.07, 6.45) is 0. The van der Waals surface area contributed by atoms with E-state index in [1.807, 2.05) is 54.6 Å². The number of hydrogen-bond donors (Lipinski definition) is 0. The number of carbonyl (C=O) groups excluding carboxylic acids is 3. The highest BCUT2D eigenvalue weighted by molar-refractivity contribution is 6.14. The Hall–Kier alpha value is -4.91.